The van der Waals surface area contributed by atoms with Gasteiger partial charge in [-0.05, 0) is 50.2 Å². The van der Waals surface area contributed by atoms with Crippen LogP contribution >= 0.6 is 0 Å². The van der Waals surface area contributed by atoms with E-state index in [0.29, 0.717) is 6.04 Å². The van der Waals surface area contributed by atoms with Crippen LogP contribution in [-0.4, -0.2) is 57.6 Å². The molecular formula is C19H27N3O3S. The van der Waals surface area contributed by atoms with Crippen LogP contribution in [0.15, 0.2) is 53.6 Å². The fourth-order valence-corrected chi connectivity index (χ4v) is 3.40. The molecule has 1 fully saturated rings. The second kappa shape index (κ2) is 8.26. The maximum Gasteiger partial charge on any atom is 0.226 e. The highest BCUT2D eigenvalue weighted by molar-refractivity contribution is 7.85. The number of hydrogen-bond donors (Lipinski definition) is 0. The van der Waals surface area contributed by atoms with Gasteiger partial charge in [-0.1, -0.05) is 18.2 Å². The summed E-state index contributed by atoms with van der Waals surface area (Å²) in [7, 11) is 4.37. The Morgan fingerprint density at radius 3 is 2.15 bits per heavy atom. The number of pyridine rings is 1. The van der Waals surface area contributed by atoms with Crippen molar-refractivity contribution >= 4 is 15.9 Å². The summed E-state index contributed by atoms with van der Waals surface area (Å²) in [6.07, 6.45) is 4.62. The van der Waals surface area contributed by atoms with E-state index in [2.05, 4.69) is 50.2 Å². The minimum Gasteiger partial charge on any atom is -0.744 e. The molecule has 2 aromatic rings. The molecule has 0 radical (unpaired) electrons. The van der Waals surface area contributed by atoms with E-state index in [1.165, 1.54) is 49.2 Å². The maximum atomic E-state index is 10.3. The Kier molecular flexibility index (Phi) is 6.52. The second-order valence-corrected chi connectivity index (χ2v) is 8.75. The summed E-state index contributed by atoms with van der Waals surface area (Å²) in [6, 6.07) is 12.2. The molecule has 142 valence electrons. The normalized spacial score (nSPS) is 18.3. The second-order valence-electron chi connectivity index (χ2n) is 7.37. The molecule has 0 aliphatic carbocycles. The Morgan fingerprint density at radius 1 is 1.12 bits per heavy atom. The third kappa shape index (κ3) is 5.60. The minimum atomic E-state index is -4.25. The molecule has 0 saturated carbocycles. The largest absolute Gasteiger partial charge is 0.744 e. The molecule has 2 heterocycles. The van der Waals surface area contributed by atoms with Gasteiger partial charge in [0.05, 0.1) is 26.0 Å². The van der Waals surface area contributed by atoms with E-state index in [1.807, 2.05) is 6.20 Å². The minimum absolute atomic E-state index is 0.185. The Balaban J connectivity index is 0.000000209. The van der Waals surface area contributed by atoms with Crippen LogP contribution < -0.4 is 4.48 Å². The molecular weight excluding hydrogens is 350 g/mol. The van der Waals surface area contributed by atoms with Gasteiger partial charge in [0.15, 0.2) is 0 Å². The first-order valence-corrected chi connectivity index (χ1v) is 9.99. The lowest BCUT2D eigenvalue weighted by atomic mass is 10.1. The quantitative estimate of drug-likeness (QED) is 0.607. The van der Waals surface area contributed by atoms with Gasteiger partial charge in [0, 0.05) is 18.3 Å². The molecule has 0 bridgehead atoms. The summed E-state index contributed by atoms with van der Waals surface area (Å²) in [5.41, 5.74) is 1.36. The van der Waals surface area contributed by atoms with E-state index in [9.17, 15) is 13.0 Å². The third-order valence-corrected chi connectivity index (χ3v) is 5.24. The zero-order chi connectivity index (χ0) is 19.4. The van der Waals surface area contributed by atoms with Crippen LogP contribution in [0.5, 0.6) is 0 Å². The summed E-state index contributed by atoms with van der Waals surface area (Å²) >= 11 is 0. The average molecular weight is 378 g/mol. The number of rotatable bonds is 3. The molecule has 0 spiro atoms. The first kappa shape index (κ1) is 20.5. The molecule has 26 heavy (non-hydrogen) atoms. The maximum absolute atomic E-state index is 10.3. The van der Waals surface area contributed by atoms with Crippen LogP contribution in [-0.2, 0) is 10.1 Å². The van der Waals surface area contributed by atoms with E-state index >= 15 is 0 Å². The molecule has 1 aliphatic rings. The lowest BCUT2D eigenvalue weighted by Gasteiger charge is -2.23. The van der Waals surface area contributed by atoms with Gasteiger partial charge < -0.3 is 4.55 Å². The van der Waals surface area contributed by atoms with Gasteiger partial charge in [0.1, 0.15) is 10.1 Å². The van der Waals surface area contributed by atoms with E-state index in [-0.39, 0.29) is 4.90 Å². The van der Waals surface area contributed by atoms with Gasteiger partial charge in [-0.15, -0.1) is 0 Å². The Bertz CT molecular complexity index is 800. The molecule has 1 aromatic heterocycles. The van der Waals surface area contributed by atoms with Crippen molar-refractivity contribution in [2.45, 2.75) is 23.8 Å². The first-order valence-electron chi connectivity index (χ1n) is 8.58. The SMILES string of the molecule is CN1CCC[C@H]1c1ccc([N+](C)(C)C)nc1.O=S(=O)([O-])c1ccccc1. The smallest absolute Gasteiger partial charge is 0.226 e. The first-order chi connectivity index (χ1) is 12.1. The summed E-state index contributed by atoms with van der Waals surface area (Å²) < 4.78 is 31.6. The van der Waals surface area contributed by atoms with Gasteiger partial charge in [-0.3, -0.25) is 9.38 Å². The Hall–Kier alpha value is -1.80. The van der Waals surface area contributed by atoms with E-state index in [0.717, 1.165) is 10.3 Å². The van der Waals surface area contributed by atoms with Crippen molar-refractivity contribution in [1.29, 1.82) is 0 Å². The highest BCUT2D eigenvalue weighted by Gasteiger charge is 2.23. The summed E-state index contributed by atoms with van der Waals surface area (Å²) in [4.78, 5) is 6.81. The highest BCUT2D eigenvalue weighted by Crippen LogP contribution is 2.30. The molecule has 1 aliphatic heterocycles. The average Bonchev–Trinajstić information content (AvgIpc) is 3.01. The van der Waals surface area contributed by atoms with Crippen LogP contribution in [0.25, 0.3) is 0 Å². The molecule has 1 aromatic carbocycles. The van der Waals surface area contributed by atoms with Crippen molar-refractivity contribution in [3.8, 4) is 0 Å². The Morgan fingerprint density at radius 2 is 1.77 bits per heavy atom. The van der Waals surface area contributed by atoms with Crippen molar-refractivity contribution < 1.29 is 13.0 Å². The van der Waals surface area contributed by atoms with E-state index < -0.39 is 10.1 Å². The molecule has 6 nitrogen and oxygen atoms in total. The van der Waals surface area contributed by atoms with Crippen molar-refractivity contribution in [3.05, 3.63) is 54.2 Å². The van der Waals surface area contributed by atoms with Crippen LogP contribution in [0, 0.1) is 0 Å². The molecule has 7 heteroatoms. The lowest BCUT2D eigenvalue weighted by Crippen LogP contribution is -2.35. The van der Waals surface area contributed by atoms with Crippen LogP contribution in [0.2, 0.25) is 0 Å². The highest BCUT2D eigenvalue weighted by atomic mass is 32.2. The van der Waals surface area contributed by atoms with E-state index in [1.54, 1.807) is 6.07 Å². The number of aromatic nitrogens is 1. The zero-order valence-electron chi connectivity index (χ0n) is 15.8. The number of hydrogen-bond acceptors (Lipinski definition) is 5. The molecule has 1 atom stereocenters. The summed E-state index contributed by atoms with van der Waals surface area (Å²) in [5, 5.41) is 0. The topological polar surface area (TPSA) is 73.3 Å². The number of quaternary nitrogens is 1. The predicted molar refractivity (Wildman–Crippen MR) is 103 cm³/mol. The zero-order valence-corrected chi connectivity index (χ0v) is 16.6. The summed E-state index contributed by atoms with van der Waals surface area (Å²) in [6.45, 7) is 1.21. The Labute approximate surface area is 156 Å². The van der Waals surface area contributed by atoms with Crippen LogP contribution in [0.1, 0.15) is 24.4 Å². The molecule has 0 N–H and O–H groups in total. The number of benzene rings is 1. The summed E-state index contributed by atoms with van der Waals surface area (Å²) in [5.74, 6) is 1.12. The fraction of sp³-hybridized carbons (Fsp3) is 0.421. The molecule has 1 saturated heterocycles. The third-order valence-electron chi connectivity index (χ3n) is 4.40. The van der Waals surface area contributed by atoms with Crippen LogP contribution in [0.4, 0.5) is 5.82 Å². The van der Waals surface area contributed by atoms with Crippen molar-refractivity contribution in [3.63, 3.8) is 0 Å². The monoisotopic (exact) mass is 377 g/mol. The van der Waals surface area contributed by atoms with Crippen molar-refractivity contribution in [2.24, 2.45) is 0 Å². The van der Waals surface area contributed by atoms with Gasteiger partial charge in [-0.25, -0.2) is 13.4 Å². The number of nitrogens with zero attached hydrogens (tertiary/aromatic N) is 3. The molecule has 0 amide bonds. The lowest BCUT2D eigenvalue weighted by molar-refractivity contribution is 0.316. The van der Waals surface area contributed by atoms with Gasteiger partial charge in [-0.2, -0.15) is 0 Å². The van der Waals surface area contributed by atoms with Gasteiger partial charge in [0.2, 0.25) is 5.82 Å². The van der Waals surface area contributed by atoms with Crippen molar-refractivity contribution in [2.75, 3.05) is 34.7 Å². The fourth-order valence-electron chi connectivity index (χ4n) is 2.91. The standard InChI is InChI=1S/C13H22N3.C6H6O3S/c1-15-9-5-6-12(15)11-7-8-13(14-10-11)16(2,3)4;7-10(8,9)6-4-2-1-3-5-6/h7-8,10,12H,5-6,9H2,1-4H3;1-5H,(H,7,8,9)/q+1;/p-1/t12-;/m0./s1. The predicted octanol–water partition coefficient (Wildman–Crippen LogP) is 2.64. The van der Waals surface area contributed by atoms with Crippen molar-refractivity contribution in [1.82, 2.24) is 14.4 Å². The van der Waals surface area contributed by atoms with Gasteiger partial charge >= 0.3 is 0 Å². The van der Waals surface area contributed by atoms with Crippen LogP contribution in [0.3, 0.4) is 0 Å². The van der Waals surface area contributed by atoms with Gasteiger partial charge in [0.25, 0.3) is 0 Å². The number of likely N-dealkylation sites (tertiary alicyclic amines) is 1. The molecule has 0 unspecified atom stereocenters. The molecule has 3 rings (SSSR count). The van der Waals surface area contributed by atoms with E-state index in [4.69, 9.17) is 0 Å².